The van der Waals surface area contributed by atoms with Crippen LogP contribution in [0.25, 0.3) is 0 Å². The number of ether oxygens (including phenoxy) is 1. The molecule has 1 saturated heterocycles. The summed E-state index contributed by atoms with van der Waals surface area (Å²) in [5.74, 6) is 1.14. The number of carbonyl (C=O) groups is 1. The summed E-state index contributed by atoms with van der Waals surface area (Å²) in [6.07, 6.45) is 0.661. The topological polar surface area (TPSA) is 45.1 Å². The minimum atomic E-state index is -0.247. The number of piperazine rings is 1. The third-order valence-electron chi connectivity index (χ3n) is 4.81. The molecule has 2 rings (SSSR count). The van der Waals surface area contributed by atoms with Crippen molar-refractivity contribution in [2.45, 2.75) is 60.9 Å². The molecular formula is C19H33N3O2. The number of aliphatic imine (C=N–C) groups is 1. The van der Waals surface area contributed by atoms with Gasteiger partial charge in [0.1, 0.15) is 5.84 Å². The van der Waals surface area contributed by atoms with Gasteiger partial charge in [-0.05, 0) is 16.4 Å². The Balaban J connectivity index is 2.57. The number of hydrogen-bond donors (Lipinski definition) is 0. The average Bonchev–Trinajstić information content (AvgIpc) is 2.49. The molecule has 1 atom stereocenters. The van der Waals surface area contributed by atoms with E-state index in [2.05, 4.69) is 53.4 Å². The predicted molar refractivity (Wildman–Crippen MR) is 98.1 cm³/mol. The number of nitrogens with zero attached hydrogens (tertiary/aromatic N) is 3. The fourth-order valence-electron chi connectivity index (χ4n) is 3.69. The highest BCUT2D eigenvalue weighted by Crippen LogP contribution is 2.44. The molecule has 5 heteroatoms. The Hall–Kier alpha value is -1.52. The van der Waals surface area contributed by atoms with E-state index >= 15 is 0 Å². The maximum atomic E-state index is 12.1. The van der Waals surface area contributed by atoms with Crippen molar-refractivity contribution < 1.29 is 9.53 Å². The van der Waals surface area contributed by atoms with Crippen LogP contribution in [0.4, 0.5) is 4.79 Å². The van der Waals surface area contributed by atoms with E-state index in [4.69, 9.17) is 9.73 Å². The third kappa shape index (κ3) is 3.45. The molecule has 0 N–H and O–H groups in total. The van der Waals surface area contributed by atoms with Crippen LogP contribution < -0.4 is 0 Å². The monoisotopic (exact) mass is 335 g/mol. The van der Waals surface area contributed by atoms with Gasteiger partial charge in [-0.1, -0.05) is 48.5 Å². The molecule has 0 aromatic carbocycles. The second kappa shape index (κ2) is 6.41. The molecular weight excluding hydrogens is 302 g/mol. The molecule has 24 heavy (non-hydrogen) atoms. The maximum Gasteiger partial charge on any atom is 0.409 e. The van der Waals surface area contributed by atoms with Crippen LogP contribution in [0.2, 0.25) is 0 Å². The summed E-state index contributed by atoms with van der Waals surface area (Å²) >= 11 is 0. The Morgan fingerprint density at radius 1 is 1.21 bits per heavy atom. The zero-order valence-corrected chi connectivity index (χ0v) is 16.6. The molecule has 1 unspecified atom stereocenters. The van der Waals surface area contributed by atoms with Gasteiger partial charge < -0.3 is 14.5 Å². The SMILES string of the molecule is CCC1=NC(C(C)(C)C)C(C(C)(C)C)=C2CN(C(=O)OC)CCN12. The van der Waals surface area contributed by atoms with Crippen molar-refractivity contribution in [1.82, 2.24) is 9.80 Å². The van der Waals surface area contributed by atoms with E-state index in [1.165, 1.54) is 18.4 Å². The van der Waals surface area contributed by atoms with E-state index in [1.807, 2.05) is 0 Å². The molecule has 1 amide bonds. The van der Waals surface area contributed by atoms with Crippen molar-refractivity contribution in [3.8, 4) is 0 Å². The highest BCUT2D eigenvalue weighted by molar-refractivity contribution is 5.86. The number of hydrogen-bond acceptors (Lipinski definition) is 4. The fourth-order valence-corrected chi connectivity index (χ4v) is 3.69. The van der Waals surface area contributed by atoms with Gasteiger partial charge in [0.15, 0.2) is 0 Å². The summed E-state index contributed by atoms with van der Waals surface area (Å²) in [4.78, 5) is 21.3. The Bertz CT molecular complexity index is 564. The van der Waals surface area contributed by atoms with Crippen LogP contribution in [-0.2, 0) is 4.74 Å². The summed E-state index contributed by atoms with van der Waals surface area (Å²) < 4.78 is 4.95. The lowest BCUT2D eigenvalue weighted by Crippen LogP contribution is -2.54. The number of rotatable bonds is 1. The molecule has 2 aliphatic rings. The highest BCUT2D eigenvalue weighted by Gasteiger charge is 2.42. The fraction of sp³-hybridized carbons (Fsp3) is 0.789. The number of methoxy groups -OCH3 is 1. The lowest BCUT2D eigenvalue weighted by molar-refractivity contribution is 0.112. The summed E-state index contributed by atoms with van der Waals surface area (Å²) in [7, 11) is 1.45. The van der Waals surface area contributed by atoms with Gasteiger partial charge in [0.05, 0.1) is 19.7 Å². The summed E-state index contributed by atoms with van der Waals surface area (Å²) in [5, 5.41) is 0. The second-order valence-electron chi connectivity index (χ2n) is 8.82. The molecule has 0 aliphatic carbocycles. The summed E-state index contributed by atoms with van der Waals surface area (Å²) in [6, 6.07) is 0.135. The van der Waals surface area contributed by atoms with Crippen LogP contribution in [0.5, 0.6) is 0 Å². The minimum Gasteiger partial charge on any atom is -0.453 e. The van der Waals surface area contributed by atoms with Gasteiger partial charge in [0, 0.05) is 25.2 Å². The van der Waals surface area contributed by atoms with Gasteiger partial charge in [-0.15, -0.1) is 0 Å². The average molecular weight is 335 g/mol. The van der Waals surface area contributed by atoms with Crippen molar-refractivity contribution in [2.24, 2.45) is 15.8 Å². The number of fused-ring (bicyclic) bond motifs is 1. The smallest absolute Gasteiger partial charge is 0.409 e. The molecule has 136 valence electrons. The molecule has 2 aliphatic heterocycles. The number of amidine groups is 1. The van der Waals surface area contributed by atoms with Crippen molar-refractivity contribution in [2.75, 3.05) is 26.7 Å². The maximum absolute atomic E-state index is 12.1. The first-order valence-corrected chi connectivity index (χ1v) is 8.91. The second-order valence-corrected chi connectivity index (χ2v) is 8.82. The van der Waals surface area contributed by atoms with Gasteiger partial charge in [0.2, 0.25) is 0 Å². The van der Waals surface area contributed by atoms with E-state index in [1.54, 1.807) is 4.90 Å². The Morgan fingerprint density at radius 3 is 2.29 bits per heavy atom. The zero-order valence-electron chi connectivity index (χ0n) is 16.6. The first-order chi connectivity index (χ1) is 11.0. The quantitative estimate of drug-likeness (QED) is 0.730. The van der Waals surface area contributed by atoms with E-state index < -0.39 is 0 Å². The number of amides is 1. The molecule has 0 bridgehead atoms. The van der Waals surface area contributed by atoms with Gasteiger partial charge in [-0.3, -0.25) is 4.99 Å². The molecule has 0 aromatic heterocycles. The normalized spacial score (nSPS) is 22.3. The molecule has 5 nitrogen and oxygen atoms in total. The summed E-state index contributed by atoms with van der Waals surface area (Å²) in [5.41, 5.74) is 2.62. The molecule has 0 aromatic rings. The predicted octanol–water partition coefficient (Wildman–Crippen LogP) is 3.91. The van der Waals surface area contributed by atoms with Crippen molar-refractivity contribution in [3.05, 3.63) is 11.3 Å². The van der Waals surface area contributed by atoms with Crippen molar-refractivity contribution in [3.63, 3.8) is 0 Å². The standard InChI is InChI=1S/C19H33N3O2/c1-9-14-20-16(19(5,6)7)15(18(2,3)4)13-12-21(17(23)24-8)10-11-22(13)14/h16H,9-12H2,1-8H3. The zero-order chi connectivity index (χ0) is 18.3. The van der Waals surface area contributed by atoms with Crippen LogP contribution >= 0.6 is 0 Å². The molecule has 0 radical (unpaired) electrons. The van der Waals surface area contributed by atoms with Crippen LogP contribution in [0.1, 0.15) is 54.9 Å². The van der Waals surface area contributed by atoms with Crippen molar-refractivity contribution in [1.29, 1.82) is 0 Å². The lowest BCUT2D eigenvalue weighted by atomic mass is 9.71. The largest absolute Gasteiger partial charge is 0.453 e. The Labute approximate surface area is 146 Å². The van der Waals surface area contributed by atoms with E-state index in [9.17, 15) is 4.79 Å². The molecule has 1 fully saturated rings. The molecule has 2 heterocycles. The minimum absolute atomic E-state index is 0.00652. The van der Waals surface area contributed by atoms with E-state index in [0.29, 0.717) is 13.1 Å². The van der Waals surface area contributed by atoms with Gasteiger partial charge in [-0.2, -0.15) is 0 Å². The van der Waals surface area contributed by atoms with E-state index in [-0.39, 0.29) is 23.0 Å². The van der Waals surface area contributed by atoms with Gasteiger partial charge in [0.25, 0.3) is 0 Å². The van der Waals surface area contributed by atoms with Crippen LogP contribution in [0.3, 0.4) is 0 Å². The van der Waals surface area contributed by atoms with Crippen molar-refractivity contribution >= 4 is 11.9 Å². The van der Waals surface area contributed by atoms with Gasteiger partial charge >= 0.3 is 6.09 Å². The lowest BCUT2D eigenvalue weighted by Gasteiger charge is -2.48. The van der Waals surface area contributed by atoms with Crippen LogP contribution in [-0.4, -0.2) is 54.5 Å². The van der Waals surface area contributed by atoms with Crippen LogP contribution in [0, 0.1) is 10.8 Å². The van der Waals surface area contributed by atoms with Crippen LogP contribution in [0.15, 0.2) is 16.3 Å². The summed E-state index contributed by atoms with van der Waals surface area (Å²) in [6.45, 7) is 17.7. The highest BCUT2D eigenvalue weighted by atomic mass is 16.5. The number of carbonyl (C=O) groups excluding carboxylic acids is 1. The first kappa shape index (κ1) is 18.8. The van der Waals surface area contributed by atoms with E-state index in [0.717, 1.165) is 18.8 Å². The third-order valence-corrected chi connectivity index (χ3v) is 4.81. The Morgan fingerprint density at radius 2 is 1.83 bits per heavy atom. The van der Waals surface area contributed by atoms with Gasteiger partial charge in [-0.25, -0.2) is 4.79 Å². The first-order valence-electron chi connectivity index (χ1n) is 8.91. The molecule has 0 saturated carbocycles. The molecule has 0 spiro atoms. The Kier molecular flexibility index (Phi) is 5.03.